The molecule has 5 heteroatoms. The largest absolute Gasteiger partial charge is 0.477 e. The average Bonchev–Trinajstić information content (AvgIpc) is 2.18. The quantitative estimate of drug-likeness (QED) is 0.772. The van der Waals surface area contributed by atoms with Crippen molar-refractivity contribution < 1.29 is 14.6 Å². The lowest BCUT2D eigenvalue weighted by molar-refractivity contribution is 0.0691. The number of hydrogen-bond acceptors (Lipinski definition) is 4. The Balaban J connectivity index is 3.03. The molecular formula is C10H14N2O3. The highest BCUT2D eigenvalue weighted by atomic mass is 16.5. The first-order valence-corrected chi connectivity index (χ1v) is 4.80. The second kappa shape index (κ2) is 5.19. The lowest BCUT2D eigenvalue weighted by Gasteiger charge is -2.08. The predicted octanol–water partition coefficient (Wildman–Crippen LogP) is 1.61. The molecule has 0 aliphatic rings. The number of aromatic carboxylic acids is 1. The van der Waals surface area contributed by atoms with Gasteiger partial charge in [-0.25, -0.2) is 4.79 Å². The van der Waals surface area contributed by atoms with Crippen molar-refractivity contribution in [1.82, 2.24) is 4.98 Å². The molecule has 15 heavy (non-hydrogen) atoms. The summed E-state index contributed by atoms with van der Waals surface area (Å²) in [5.74, 6) is -0.261. The van der Waals surface area contributed by atoms with E-state index in [1.54, 1.807) is 13.0 Å². The summed E-state index contributed by atoms with van der Waals surface area (Å²) in [7, 11) is 0. The molecule has 1 aromatic rings. The third kappa shape index (κ3) is 2.83. The van der Waals surface area contributed by atoms with Crippen LogP contribution in [0, 0.1) is 0 Å². The molecule has 82 valence electrons. The van der Waals surface area contributed by atoms with E-state index in [-0.39, 0.29) is 11.4 Å². The van der Waals surface area contributed by atoms with Crippen molar-refractivity contribution in [1.29, 1.82) is 0 Å². The monoisotopic (exact) mass is 210 g/mol. The van der Waals surface area contributed by atoms with Crippen LogP contribution in [0.1, 0.15) is 24.2 Å². The second-order valence-electron chi connectivity index (χ2n) is 2.82. The van der Waals surface area contributed by atoms with Gasteiger partial charge in [0.25, 0.3) is 0 Å². The molecule has 1 rings (SSSR count). The molecule has 1 heterocycles. The molecule has 0 saturated carbocycles. The molecule has 0 radical (unpaired) electrons. The maximum absolute atomic E-state index is 10.8. The van der Waals surface area contributed by atoms with Gasteiger partial charge in [0.05, 0.1) is 6.61 Å². The van der Waals surface area contributed by atoms with E-state index in [2.05, 4.69) is 10.3 Å². The molecule has 0 aliphatic heterocycles. The van der Waals surface area contributed by atoms with Crippen LogP contribution in [0.4, 0.5) is 5.82 Å². The van der Waals surface area contributed by atoms with Gasteiger partial charge >= 0.3 is 5.97 Å². The Bertz CT molecular complexity index is 353. The van der Waals surface area contributed by atoms with E-state index in [4.69, 9.17) is 9.84 Å². The number of pyridine rings is 1. The van der Waals surface area contributed by atoms with Crippen LogP contribution in [0.15, 0.2) is 12.1 Å². The highest BCUT2D eigenvalue weighted by Gasteiger charge is 2.12. The van der Waals surface area contributed by atoms with Crippen molar-refractivity contribution >= 4 is 11.8 Å². The average molecular weight is 210 g/mol. The molecule has 5 nitrogen and oxygen atoms in total. The number of anilines is 1. The molecule has 2 N–H and O–H groups in total. The minimum Gasteiger partial charge on any atom is -0.477 e. The van der Waals surface area contributed by atoms with Crippen LogP contribution in [-0.2, 0) is 0 Å². The topological polar surface area (TPSA) is 71.5 Å². The number of rotatable bonds is 5. The first-order valence-electron chi connectivity index (χ1n) is 4.80. The molecule has 0 aromatic carbocycles. The third-order valence-corrected chi connectivity index (χ3v) is 1.73. The first-order chi connectivity index (χ1) is 7.19. The van der Waals surface area contributed by atoms with Crippen LogP contribution < -0.4 is 10.1 Å². The van der Waals surface area contributed by atoms with Crippen LogP contribution in [0.5, 0.6) is 5.88 Å². The summed E-state index contributed by atoms with van der Waals surface area (Å²) < 4.78 is 5.15. The summed E-state index contributed by atoms with van der Waals surface area (Å²) in [4.78, 5) is 14.9. The zero-order chi connectivity index (χ0) is 11.3. The van der Waals surface area contributed by atoms with Gasteiger partial charge < -0.3 is 15.2 Å². The summed E-state index contributed by atoms with van der Waals surface area (Å²) in [5, 5.41) is 11.9. The van der Waals surface area contributed by atoms with Gasteiger partial charge in [-0.15, -0.1) is 0 Å². The number of carbonyl (C=O) groups is 1. The summed E-state index contributed by atoms with van der Waals surface area (Å²) in [6.07, 6.45) is 0. The predicted molar refractivity (Wildman–Crippen MR) is 56.5 cm³/mol. The molecule has 0 atom stereocenters. The number of nitrogens with zero attached hydrogens (tertiary/aromatic N) is 1. The van der Waals surface area contributed by atoms with E-state index in [1.165, 1.54) is 6.07 Å². The maximum Gasteiger partial charge on any atom is 0.341 e. The Kier molecular flexibility index (Phi) is 3.91. The van der Waals surface area contributed by atoms with Gasteiger partial charge in [-0.1, -0.05) is 0 Å². The molecule has 0 fully saturated rings. The molecular weight excluding hydrogens is 196 g/mol. The zero-order valence-electron chi connectivity index (χ0n) is 8.78. The van der Waals surface area contributed by atoms with Crippen LogP contribution >= 0.6 is 0 Å². The Labute approximate surface area is 88.1 Å². The van der Waals surface area contributed by atoms with E-state index in [0.29, 0.717) is 12.4 Å². The fraction of sp³-hybridized carbons (Fsp3) is 0.400. The summed E-state index contributed by atoms with van der Waals surface area (Å²) >= 11 is 0. The normalized spacial score (nSPS) is 9.73. The Morgan fingerprint density at radius 2 is 2.27 bits per heavy atom. The number of carboxylic acids is 1. The number of hydrogen-bond donors (Lipinski definition) is 2. The molecule has 0 aliphatic carbocycles. The number of carboxylic acid groups (broad SMARTS) is 1. The molecule has 0 amide bonds. The minimum absolute atomic E-state index is 0.0819. The molecule has 0 saturated heterocycles. The Hall–Kier alpha value is -1.78. The Morgan fingerprint density at radius 1 is 1.53 bits per heavy atom. The summed E-state index contributed by atoms with van der Waals surface area (Å²) in [6, 6.07) is 3.10. The number of ether oxygens (including phenoxy) is 1. The van der Waals surface area contributed by atoms with Crippen LogP contribution in [0.3, 0.4) is 0 Å². The van der Waals surface area contributed by atoms with Gasteiger partial charge in [0.2, 0.25) is 5.88 Å². The number of nitrogens with one attached hydrogen (secondary N) is 1. The van der Waals surface area contributed by atoms with Crippen molar-refractivity contribution in [3.8, 4) is 5.88 Å². The lowest BCUT2D eigenvalue weighted by atomic mass is 10.2. The van der Waals surface area contributed by atoms with Crippen molar-refractivity contribution in [3.63, 3.8) is 0 Å². The van der Waals surface area contributed by atoms with E-state index in [0.717, 1.165) is 6.54 Å². The van der Waals surface area contributed by atoms with E-state index < -0.39 is 5.97 Å². The summed E-state index contributed by atoms with van der Waals surface area (Å²) in [5.41, 5.74) is 0.0819. The van der Waals surface area contributed by atoms with Crippen molar-refractivity contribution in [2.24, 2.45) is 0 Å². The zero-order valence-corrected chi connectivity index (χ0v) is 8.78. The second-order valence-corrected chi connectivity index (χ2v) is 2.82. The standard InChI is InChI=1S/C10H14N2O3/c1-3-11-8-6-5-7(10(13)14)9(12-8)15-4-2/h5-6H,3-4H2,1-2H3,(H,11,12)(H,13,14). The maximum atomic E-state index is 10.8. The van der Waals surface area contributed by atoms with E-state index in [9.17, 15) is 4.79 Å². The SMILES string of the molecule is CCNc1ccc(C(=O)O)c(OCC)n1. The van der Waals surface area contributed by atoms with Crippen molar-refractivity contribution in [3.05, 3.63) is 17.7 Å². The third-order valence-electron chi connectivity index (χ3n) is 1.73. The van der Waals surface area contributed by atoms with Crippen LogP contribution in [-0.4, -0.2) is 29.2 Å². The Morgan fingerprint density at radius 3 is 2.80 bits per heavy atom. The van der Waals surface area contributed by atoms with Crippen molar-refractivity contribution in [2.75, 3.05) is 18.5 Å². The van der Waals surface area contributed by atoms with Gasteiger partial charge in [-0.05, 0) is 26.0 Å². The van der Waals surface area contributed by atoms with Gasteiger partial charge in [0.15, 0.2) is 0 Å². The highest BCUT2D eigenvalue weighted by molar-refractivity contribution is 5.90. The van der Waals surface area contributed by atoms with Crippen molar-refractivity contribution in [2.45, 2.75) is 13.8 Å². The lowest BCUT2D eigenvalue weighted by Crippen LogP contribution is -2.07. The fourth-order valence-electron chi connectivity index (χ4n) is 1.13. The van der Waals surface area contributed by atoms with Crippen LogP contribution in [0.2, 0.25) is 0 Å². The number of aromatic nitrogens is 1. The first kappa shape index (κ1) is 11.3. The smallest absolute Gasteiger partial charge is 0.341 e. The van der Waals surface area contributed by atoms with E-state index in [1.807, 2.05) is 6.92 Å². The minimum atomic E-state index is -1.03. The van der Waals surface area contributed by atoms with E-state index >= 15 is 0 Å². The molecule has 0 unspecified atom stereocenters. The molecule has 0 bridgehead atoms. The van der Waals surface area contributed by atoms with Gasteiger partial charge in [0.1, 0.15) is 11.4 Å². The molecule has 0 spiro atoms. The van der Waals surface area contributed by atoms with Gasteiger partial charge in [-0.3, -0.25) is 0 Å². The summed E-state index contributed by atoms with van der Waals surface area (Å²) in [6.45, 7) is 4.84. The fourth-order valence-corrected chi connectivity index (χ4v) is 1.13. The van der Waals surface area contributed by atoms with Gasteiger partial charge in [0, 0.05) is 6.54 Å². The van der Waals surface area contributed by atoms with Gasteiger partial charge in [-0.2, -0.15) is 4.98 Å². The van der Waals surface area contributed by atoms with Crippen LogP contribution in [0.25, 0.3) is 0 Å². The molecule has 1 aromatic heterocycles. The highest BCUT2D eigenvalue weighted by Crippen LogP contribution is 2.18.